The highest BCUT2D eigenvalue weighted by Crippen LogP contribution is 2.30. The number of nitrogens with zero attached hydrogens (tertiary/aromatic N) is 1. The Bertz CT molecular complexity index is 717. The molecule has 0 bridgehead atoms. The van der Waals surface area contributed by atoms with E-state index in [0.717, 1.165) is 0 Å². The molecule has 2 fully saturated rings. The highest BCUT2D eigenvalue weighted by molar-refractivity contribution is 6.00. The molecule has 8 heteroatoms. The zero-order valence-corrected chi connectivity index (χ0v) is 14.2. The topological polar surface area (TPSA) is 95.9 Å². The number of anilines is 1. The van der Waals surface area contributed by atoms with Gasteiger partial charge >= 0.3 is 5.97 Å². The average molecular weight is 364 g/mol. The number of benzene rings is 1. The molecule has 2 saturated heterocycles. The molecule has 26 heavy (non-hydrogen) atoms. The number of para-hydroxylation sites is 1. The molecule has 3 rings (SSSR count). The summed E-state index contributed by atoms with van der Waals surface area (Å²) in [5.41, 5.74) is -0.713. The van der Waals surface area contributed by atoms with Gasteiger partial charge in [-0.25, -0.2) is 4.39 Å². The van der Waals surface area contributed by atoms with Crippen LogP contribution in [-0.4, -0.2) is 48.2 Å². The standard InChI is InChI=1S/C18H21FN2O5/c19-13-3-1-2-4-14(13)21-11-12(9-15(21)22)17(25)20-18(10-16(23)24)5-7-26-8-6-18/h1-4,12H,5-11H2,(H,20,25)(H,23,24). The van der Waals surface area contributed by atoms with Gasteiger partial charge in [-0.05, 0) is 25.0 Å². The van der Waals surface area contributed by atoms with E-state index in [-0.39, 0.29) is 36.9 Å². The Kier molecular flexibility index (Phi) is 5.22. The van der Waals surface area contributed by atoms with E-state index in [2.05, 4.69) is 5.32 Å². The third-order valence-corrected chi connectivity index (χ3v) is 4.97. The Balaban J connectivity index is 1.71. The first-order valence-corrected chi connectivity index (χ1v) is 8.57. The number of rotatable bonds is 5. The summed E-state index contributed by atoms with van der Waals surface area (Å²) in [6.07, 6.45) is 0.588. The van der Waals surface area contributed by atoms with Gasteiger partial charge in [0.1, 0.15) is 5.82 Å². The maximum absolute atomic E-state index is 13.9. The van der Waals surface area contributed by atoms with E-state index >= 15 is 0 Å². The number of aliphatic carboxylic acids is 1. The Morgan fingerprint density at radius 3 is 2.65 bits per heavy atom. The van der Waals surface area contributed by atoms with Gasteiger partial charge in [0.2, 0.25) is 11.8 Å². The molecule has 2 aliphatic heterocycles. The molecule has 2 aliphatic rings. The minimum Gasteiger partial charge on any atom is -0.481 e. The molecule has 1 atom stereocenters. The van der Waals surface area contributed by atoms with Gasteiger partial charge < -0.3 is 20.1 Å². The second-order valence-corrected chi connectivity index (χ2v) is 6.81. The fourth-order valence-electron chi connectivity index (χ4n) is 3.55. The number of carboxylic acid groups (broad SMARTS) is 1. The molecule has 140 valence electrons. The van der Waals surface area contributed by atoms with Crippen molar-refractivity contribution in [3.05, 3.63) is 30.1 Å². The number of amides is 2. The fourth-order valence-corrected chi connectivity index (χ4v) is 3.55. The van der Waals surface area contributed by atoms with Crippen LogP contribution in [0.4, 0.5) is 10.1 Å². The summed E-state index contributed by atoms with van der Waals surface area (Å²) in [6, 6.07) is 5.92. The quantitative estimate of drug-likeness (QED) is 0.822. The van der Waals surface area contributed by atoms with Crippen LogP contribution in [0.25, 0.3) is 0 Å². The highest BCUT2D eigenvalue weighted by atomic mass is 19.1. The SMILES string of the molecule is O=C(O)CC1(NC(=O)C2CC(=O)N(c3ccccc3F)C2)CCOCC1. The number of carbonyl (C=O) groups excluding carboxylic acids is 2. The summed E-state index contributed by atoms with van der Waals surface area (Å²) in [5, 5.41) is 12.0. The smallest absolute Gasteiger partial charge is 0.305 e. The van der Waals surface area contributed by atoms with Gasteiger partial charge in [-0.2, -0.15) is 0 Å². The zero-order chi connectivity index (χ0) is 18.7. The molecule has 0 saturated carbocycles. The van der Waals surface area contributed by atoms with Crippen LogP contribution < -0.4 is 10.2 Å². The minimum absolute atomic E-state index is 0.0280. The monoisotopic (exact) mass is 364 g/mol. The van der Waals surface area contributed by atoms with Crippen molar-refractivity contribution in [2.45, 2.75) is 31.2 Å². The summed E-state index contributed by atoms with van der Waals surface area (Å²) in [4.78, 5) is 37.4. The van der Waals surface area contributed by atoms with Crippen molar-refractivity contribution >= 4 is 23.5 Å². The molecule has 1 aromatic carbocycles. The predicted octanol–water partition coefficient (Wildman–Crippen LogP) is 1.32. The number of carbonyl (C=O) groups is 3. The van der Waals surface area contributed by atoms with Crippen molar-refractivity contribution in [3.8, 4) is 0 Å². The lowest BCUT2D eigenvalue weighted by atomic mass is 9.85. The Morgan fingerprint density at radius 2 is 2.00 bits per heavy atom. The van der Waals surface area contributed by atoms with Gasteiger partial charge in [-0.1, -0.05) is 12.1 Å². The Morgan fingerprint density at radius 1 is 1.31 bits per heavy atom. The van der Waals surface area contributed by atoms with E-state index in [1.807, 2.05) is 0 Å². The number of hydrogen-bond acceptors (Lipinski definition) is 4. The molecule has 1 unspecified atom stereocenters. The van der Waals surface area contributed by atoms with Crippen molar-refractivity contribution in [1.82, 2.24) is 5.32 Å². The number of hydrogen-bond donors (Lipinski definition) is 2. The van der Waals surface area contributed by atoms with Crippen LogP contribution >= 0.6 is 0 Å². The second kappa shape index (κ2) is 7.41. The molecule has 0 aliphatic carbocycles. The van der Waals surface area contributed by atoms with Crippen molar-refractivity contribution in [1.29, 1.82) is 0 Å². The Labute approximate surface area is 150 Å². The largest absolute Gasteiger partial charge is 0.481 e. The van der Waals surface area contributed by atoms with Gasteiger partial charge in [0.25, 0.3) is 0 Å². The molecule has 0 radical (unpaired) electrons. The van der Waals surface area contributed by atoms with Crippen LogP contribution in [0, 0.1) is 11.7 Å². The predicted molar refractivity (Wildman–Crippen MR) is 90.0 cm³/mol. The van der Waals surface area contributed by atoms with Crippen LogP contribution in [0.15, 0.2) is 24.3 Å². The van der Waals surface area contributed by atoms with Crippen molar-refractivity contribution in [2.24, 2.45) is 5.92 Å². The Hall–Kier alpha value is -2.48. The van der Waals surface area contributed by atoms with Gasteiger partial charge in [0.15, 0.2) is 0 Å². The first-order valence-electron chi connectivity index (χ1n) is 8.57. The molecule has 0 aromatic heterocycles. The number of carboxylic acids is 1. The summed E-state index contributed by atoms with van der Waals surface area (Å²) >= 11 is 0. The maximum Gasteiger partial charge on any atom is 0.305 e. The average Bonchev–Trinajstić information content (AvgIpc) is 2.97. The molecular formula is C18H21FN2O5. The van der Waals surface area contributed by atoms with E-state index in [1.165, 1.54) is 23.1 Å². The normalized spacial score (nSPS) is 22.3. The lowest BCUT2D eigenvalue weighted by molar-refractivity contribution is -0.141. The van der Waals surface area contributed by atoms with Crippen LogP contribution in [0.2, 0.25) is 0 Å². The highest BCUT2D eigenvalue weighted by Gasteiger charge is 2.41. The van der Waals surface area contributed by atoms with E-state index in [4.69, 9.17) is 4.74 Å². The molecule has 2 heterocycles. The minimum atomic E-state index is -0.998. The third kappa shape index (κ3) is 3.85. The molecule has 2 amide bonds. The van der Waals surface area contributed by atoms with Crippen LogP contribution in [0.5, 0.6) is 0 Å². The van der Waals surface area contributed by atoms with Gasteiger partial charge in [-0.3, -0.25) is 14.4 Å². The van der Waals surface area contributed by atoms with Gasteiger partial charge in [0, 0.05) is 26.2 Å². The first-order chi connectivity index (χ1) is 12.4. The van der Waals surface area contributed by atoms with Crippen molar-refractivity contribution in [3.63, 3.8) is 0 Å². The lowest BCUT2D eigenvalue weighted by Gasteiger charge is -2.37. The summed E-state index contributed by atoms with van der Waals surface area (Å²) in [7, 11) is 0. The van der Waals surface area contributed by atoms with E-state index in [0.29, 0.717) is 26.1 Å². The van der Waals surface area contributed by atoms with Crippen LogP contribution in [0.3, 0.4) is 0 Å². The third-order valence-electron chi connectivity index (χ3n) is 4.97. The second-order valence-electron chi connectivity index (χ2n) is 6.81. The molecule has 1 aromatic rings. The summed E-state index contributed by atoms with van der Waals surface area (Å²) < 4.78 is 19.2. The number of ether oxygens (including phenoxy) is 1. The molecule has 2 N–H and O–H groups in total. The van der Waals surface area contributed by atoms with Crippen molar-refractivity contribution < 1.29 is 28.6 Å². The van der Waals surface area contributed by atoms with E-state index in [1.54, 1.807) is 6.07 Å². The molecule has 0 spiro atoms. The van der Waals surface area contributed by atoms with Crippen LogP contribution in [-0.2, 0) is 19.1 Å². The van der Waals surface area contributed by atoms with E-state index < -0.39 is 23.2 Å². The lowest BCUT2D eigenvalue weighted by Crippen LogP contribution is -2.54. The zero-order valence-electron chi connectivity index (χ0n) is 14.2. The number of nitrogens with one attached hydrogen (secondary N) is 1. The fraction of sp³-hybridized carbons (Fsp3) is 0.500. The number of halogens is 1. The summed E-state index contributed by atoms with van der Waals surface area (Å²) in [6.45, 7) is 0.822. The molecule has 7 nitrogen and oxygen atoms in total. The summed E-state index contributed by atoms with van der Waals surface area (Å²) in [5.74, 6) is -2.86. The van der Waals surface area contributed by atoms with Crippen LogP contribution in [0.1, 0.15) is 25.7 Å². The van der Waals surface area contributed by atoms with Gasteiger partial charge in [-0.15, -0.1) is 0 Å². The molecular weight excluding hydrogens is 343 g/mol. The maximum atomic E-state index is 13.9. The first kappa shape index (κ1) is 18.3. The van der Waals surface area contributed by atoms with E-state index in [9.17, 15) is 23.9 Å². The van der Waals surface area contributed by atoms with Crippen molar-refractivity contribution in [2.75, 3.05) is 24.7 Å². The van der Waals surface area contributed by atoms with Gasteiger partial charge in [0.05, 0.1) is 23.6 Å².